The predicted molar refractivity (Wildman–Crippen MR) is 112 cm³/mol. The third-order valence-corrected chi connectivity index (χ3v) is 4.67. The standard InChI is InChI=1S/C24H23NO4/c1-4-14-25-17(2)22(24(27)28-3)20(23(25)26)15-19-12-8-9-13-21(19)29-16-18-10-6-5-7-11-18/h4-13,15H,1,14,16H2,2-3H3/b20-15-. The Morgan fingerprint density at radius 3 is 2.48 bits per heavy atom. The van der Waals surface area contributed by atoms with Crippen LogP contribution in [0, 0.1) is 0 Å². The van der Waals surface area contributed by atoms with Gasteiger partial charge < -0.3 is 14.4 Å². The molecule has 148 valence electrons. The first-order valence-corrected chi connectivity index (χ1v) is 9.26. The molecule has 1 amide bonds. The van der Waals surface area contributed by atoms with E-state index < -0.39 is 5.97 Å². The quantitative estimate of drug-likeness (QED) is 0.406. The van der Waals surface area contributed by atoms with Crippen molar-refractivity contribution < 1.29 is 19.1 Å². The second-order valence-corrected chi connectivity index (χ2v) is 6.53. The molecular weight excluding hydrogens is 366 g/mol. The van der Waals surface area contributed by atoms with Crippen LogP contribution < -0.4 is 4.74 Å². The van der Waals surface area contributed by atoms with Gasteiger partial charge in [0.05, 0.1) is 18.3 Å². The van der Waals surface area contributed by atoms with Gasteiger partial charge in [0.15, 0.2) is 0 Å². The van der Waals surface area contributed by atoms with Gasteiger partial charge in [-0.2, -0.15) is 0 Å². The molecule has 0 atom stereocenters. The molecule has 0 saturated heterocycles. The zero-order valence-electron chi connectivity index (χ0n) is 16.6. The molecular formula is C24H23NO4. The number of carbonyl (C=O) groups excluding carboxylic acids is 2. The number of hydrogen-bond acceptors (Lipinski definition) is 4. The first kappa shape index (κ1) is 20.1. The van der Waals surface area contributed by atoms with Crippen LogP contribution in [0.3, 0.4) is 0 Å². The normalized spacial score (nSPS) is 15.0. The fraction of sp³-hybridized carbons (Fsp3) is 0.167. The molecule has 0 aliphatic carbocycles. The van der Waals surface area contributed by atoms with Gasteiger partial charge in [0.25, 0.3) is 5.91 Å². The summed E-state index contributed by atoms with van der Waals surface area (Å²) in [6.45, 7) is 6.13. The van der Waals surface area contributed by atoms with Crippen molar-refractivity contribution in [3.8, 4) is 5.75 Å². The SMILES string of the molecule is C=CCN1C(=O)/C(=C\c2ccccc2OCc2ccccc2)C(C(=O)OC)=C1C. The minimum atomic E-state index is -0.545. The summed E-state index contributed by atoms with van der Waals surface area (Å²) in [6.07, 6.45) is 3.30. The van der Waals surface area contributed by atoms with Crippen LogP contribution in [0.4, 0.5) is 0 Å². The Balaban J connectivity index is 1.97. The Morgan fingerprint density at radius 2 is 1.79 bits per heavy atom. The average Bonchev–Trinajstić information content (AvgIpc) is 2.98. The fourth-order valence-electron chi connectivity index (χ4n) is 3.20. The molecule has 1 aliphatic rings. The van der Waals surface area contributed by atoms with E-state index in [1.807, 2.05) is 54.6 Å². The smallest absolute Gasteiger partial charge is 0.340 e. The Kier molecular flexibility index (Phi) is 6.29. The summed E-state index contributed by atoms with van der Waals surface area (Å²) in [5, 5.41) is 0. The maximum Gasteiger partial charge on any atom is 0.340 e. The van der Waals surface area contributed by atoms with Crippen molar-refractivity contribution in [2.75, 3.05) is 13.7 Å². The van der Waals surface area contributed by atoms with Gasteiger partial charge in [-0.25, -0.2) is 4.79 Å². The molecule has 1 aliphatic heterocycles. The second-order valence-electron chi connectivity index (χ2n) is 6.53. The van der Waals surface area contributed by atoms with Crippen LogP contribution in [0.2, 0.25) is 0 Å². The highest BCUT2D eigenvalue weighted by Gasteiger charge is 2.36. The number of rotatable bonds is 7. The van der Waals surface area contributed by atoms with Gasteiger partial charge in [-0.05, 0) is 24.6 Å². The van der Waals surface area contributed by atoms with Crippen LogP contribution in [0.5, 0.6) is 5.75 Å². The lowest BCUT2D eigenvalue weighted by Crippen LogP contribution is -2.25. The summed E-state index contributed by atoms with van der Waals surface area (Å²) in [5.74, 6) is -0.183. The molecule has 0 spiro atoms. The van der Waals surface area contributed by atoms with E-state index in [1.165, 1.54) is 12.0 Å². The molecule has 0 unspecified atom stereocenters. The lowest BCUT2D eigenvalue weighted by Gasteiger charge is -2.15. The van der Waals surface area contributed by atoms with E-state index in [4.69, 9.17) is 9.47 Å². The Labute approximate surface area is 170 Å². The third kappa shape index (κ3) is 4.29. The largest absolute Gasteiger partial charge is 0.488 e. The Hall–Kier alpha value is -3.60. The highest BCUT2D eigenvalue weighted by molar-refractivity contribution is 6.16. The van der Waals surface area contributed by atoms with Gasteiger partial charge in [0, 0.05) is 17.8 Å². The lowest BCUT2D eigenvalue weighted by atomic mass is 10.0. The van der Waals surface area contributed by atoms with Crippen molar-refractivity contribution in [2.45, 2.75) is 13.5 Å². The van der Waals surface area contributed by atoms with Crippen molar-refractivity contribution in [1.29, 1.82) is 0 Å². The summed E-state index contributed by atoms with van der Waals surface area (Å²) >= 11 is 0. The lowest BCUT2D eigenvalue weighted by molar-refractivity contribution is -0.136. The van der Waals surface area contributed by atoms with Crippen LogP contribution in [0.1, 0.15) is 18.1 Å². The molecule has 0 bridgehead atoms. The summed E-state index contributed by atoms with van der Waals surface area (Å²) < 4.78 is 10.9. The van der Waals surface area contributed by atoms with Crippen molar-refractivity contribution >= 4 is 18.0 Å². The van der Waals surface area contributed by atoms with Crippen LogP contribution >= 0.6 is 0 Å². The van der Waals surface area contributed by atoms with Gasteiger partial charge in [-0.15, -0.1) is 6.58 Å². The summed E-state index contributed by atoms with van der Waals surface area (Å²) in [6, 6.07) is 17.2. The number of amides is 1. The molecule has 0 N–H and O–H groups in total. The molecule has 2 aromatic rings. The van der Waals surface area contributed by atoms with Crippen molar-refractivity contribution in [3.63, 3.8) is 0 Å². The first-order valence-electron chi connectivity index (χ1n) is 9.26. The molecule has 0 aromatic heterocycles. The molecule has 0 saturated carbocycles. The van der Waals surface area contributed by atoms with E-state index in [1.54, 1.807) is 19.1 Å². The highest BCUT2D eigenvalue weighted by atomic mass is 16.5. The Morgan fingerprint density at radius 1 is 1.10 bits per heavy atom. The molecule has 5 nitrogen and oxygen atoms in total. The van der Waals surface area contributed by atoms with E-state index in [-0.39, 0.29) is 17.1 Å². The topological polar surface area (TPSA) is 55.8 Å². The van der Waals surface area contributed by atoms with Gasteiger partial charge in [0.1, 0.15) is 12.4 Å². The summed E-state index contributed by atoms with van der Waals surface area (Å²) in [7, 11) is 1.30. The second kappa shape index (κ2) is 9.06. The summed E-state index contributed by atoms with van der Waals surface area (Å²) in [5.41, 5.74) is 2.84. The number of allylic oxidation sites excluding steroid dienone is 1. The number of esters is 1. The number of hydrogen-bond donors (Lipinski definition) is 0. The van der Waals surface area contributed by atoms with E-state index in [0.717, 1.165) is 5.56 Å². The van der Waals surface area contributed by atoms with Crippen molar-refractivity contribution in [2.24, 2.45) is 0 Å². The maximum atomic E-state index is 13.0. The predicted octanol–water partition coefficient (Wildman–Crippen LogP) is 4.12. The fourth-order valence-corrected chi connectivity index (χ4v) is 3.20. The first-order chi connectivity index (χ1) is 14.1. The number of nitrogens with zero attached hydrogens (tertiary/aromatic N) is 1. The molecule has 0 fully saturated rings. The van der Waals surface area contributed by atoms with Crippen LogP contribution in [0.25, 0.3) is 6.08 Å². The molecule has 2 aromatic carbocycles. The third-order valence-electron chi connectivity index (χ3n) is 4.67. The molecule has 0 radical (unpaired) electrons. The zero-order valence-corrected chi connectivity index (χ0v) is 16.6. The minimum absolute atomic E-state index is 0.261. The Bertz CT molecular complexity index is 989. The van der Waals surface area contributed by atoms with E-state index in [9.17, 15) is 9.59 Å². The zero-order chi connectivity index (χ0) is 20.8. The number of benzene rings is 2. The minimum Gasteiger partial charge on any atom is -0.488 e. The molecule has 29 heavy (non-hydrogen) atoms. The van der Waals surface area contributed by atoms with Gasteiger partial charge in [0.2, 0.25) is 0 Å². The molecule has 5 heteroatoms. The maximum absolute atomic E-state index is 13.0. The van der Waals surface area contributed by atoms with E-state index in [0.29, 0.717) is 30.2 Å². The molecule has 1 heterocycles. The number of ether oxygens (including phenoxy) is 2. The molecule has 3 rings (SSSR count). The van der Waals surface area contributed by atoms with Gasteiger partial charge in [-0.3, -0.25) is 4.79 Å². The van der Waals surface area contributed by atoms with Crippen molar-refractivity contribution in [1.82, 2.24) is 4.90 Å². The number of methoxy groups -OCH3 is 1. The van der Waals surface area contributed by atoms with Crippen molar-refractivity contribution in [3.05, 3.63) is 95.2 Å². The van der Waals surface area contributed by atoms with Crippen LogP contribution in [-0.2, 0) is 20.9 Å². The highest BCUT2D eigenvalue weighted by Crippen LogP contribution is 2.33. The van der Waals surface area contributed by atoms with Gasteiger partial charge >= 0.3 is 5.97 Å². The summed E-state index contributed by atoms with van der Waals surface area (Å²) in [4.78, 5) is 26.8. The van der Waals surface area contributed by atoms with Crippen LogP contribution in [0.15, 0.2) is 84.1 Å². The number of carbonyl (C=O) groups is 2. The van der Waals surface area contributed by atoms with E-state index in [2.05, 4.69) is 6.58 Å². The number of para-hydroxylation sites is 1. The van der Waals surface area contributed by atoms with Gasteiger partial charge in [-0.1, -0.05) is 54.6 Å². The van der Waals surface area contributed by atoms with Crippen LogP contribution in [-0.4, -0.2) is 30.4 Å². The monoisotopic (exact) mass is 389 g/mol. The van der Waals surface area contributed by atoms with E-state index >= 15 is 0 Å². The average molecular weight is 389 g/mol.